The summed E-state index contributed by atoms with van der Waals surface area (Å²) in [7, 11) is -9.14. The molecule has 0 aromatic heterocycles. The molecule has 2 aliphatic rings. The van der Waals surface area contributed by atoms with Gasteiger partial charge in [0.25, 0.3) is 5.92 Å². The highest BCUT2D eigenvalue weighted by Gasteiger charge is 2.51. The van der Waals surface area contributed by atoms with Gasteiger partial charge in [-0.3, -0.25) is 0 Å². The Kier molecular flexibility index (Phi) is 10.7. The summed E-state index contributed by atoms with van der Waals surface area (Å²) in [6.45, 7) is 0. The molecule has 0 aliphatic heterocycles. The minimum atomic E-state index is -5.28. The number of nitriles is 2. The van der Waals surface area contributed by atoms with Gasteiger partial charge in [0.05, 0.1) is 33.1 Å². The van der Waals surface area contributed by atoms with Crippen LogP contribution in [0, 0.1) is 34.3 Å². The van der Waals surface area contributed by atoms with Crippen LogP contribution in [0.4, 0.5) is 35.1 Å². The molecular formula is C34H22F8N2O8S2. The number of halogens is 8. The number of hydrogen-bond acceptors (Lipinski definition) is 10. The van der Waals surface area contributed by atoms with Crippen molar-refractivity contribution in [2.75, 3.05) is 6.26 Å². The first-order valence-corrected chi connectivity index (χ1v) is 18.4. The first-order chi connectivity index (χ1) is 25.1. The molecule has 4 aromatic carbocycles. The van der Waals surface area contributed by atoms with Crippen molar-refractivity contribution in [3.8, 4) is 35.1 Å². The Labute approximate surface area is 300 Å². The maximum absolute atomic E-state index is 14.4. The molecule has 0 spiro atoms. The first-order valence-electron chi connectivity index (χ1n) is 14.9. The summed E-state index contributed by atoms with van der Waals surface area (Å²) in [5, 5.41) is 37.5. The molecule has 0 fully saturated rings. The van der Waals surface area contributed by atoms with Crippen molar-refractivity contribution in [1.29, 1.82) is 10.5 Å². The quantitative estimate of drug-likeness (QED) is 0.185. The zero-order chi connectivity index (χ0) is 40.1. The summed E-state index contributed by atoms with van der Waals surface area (Å²) in [6, 6.07) is 13.0. The van der Waals surface area contributed by atoms with Crippen LogP contribution < -0.4 is 9.47 Å². The average Bonchev–Trinajstić information content (AvgIpc) is 3.47. The fourth-order valence-electron chi connectivity index (χ4n) is 5.79. The Hall–Kier alpha value is -5.28. The van der Waals surface area contributed by atoms with Crippen LogP contribution in [0.2, 0.25) is 0 Å². The number of hydrogen-bond donors (Lipinski definition) is 2. The number of sulfone groups is 2. The number of aliphatic hydroxyl groups excluding tert-OH is 2. The van der Waals surface area contributed by atoms with Gasteiger partial charge in [-0.25, -0.2) is 43.2 Å². The van der Waals surface area contributed by atoms with E-state index in [0.29, 0.717) is 6.07 Å². The predicted octanol–water partition coefficient (Wildman–Crippen LogP) is 7.00. The second-order valence-electron chi connectivity index (χ2n) is 11.8. The zero-order valence-electron chi connectivity index (χ0n) is 26.9. The lowest BCUT2D eigenvalue weighted by atomic mass is 10.1. The van der Waals surface area contributed by atoms with E-state index in [-0.39, 0.29) is 34.1 Å². The van der Waals surface area contributed by atoms with Gasteiger partial charge in [0.1, 0.15) is 46.8 Å². The van der Waals surface area contributed by atoms with Crippen LogP contribution in [0.3, 0.4) is 0 Å². The minimum Gasteiger partial charge on any atom is -0.457 e. The summed E-state index contributed by atoms with van der Waals surface area (Å²) < 4.78 is 167. The first kappa shape index (κ1) is 39.9. The van der Waals surface area contributed by atoms with Crippen LogP contribution in [0.1, 0.15) is 51.8 Å². The molecule has 4 aromatic rings. The summed E-state index contributed by atoms with van der Waals surface area (Å²) in [5.74, 6) is -10.4. The molecule has 20 heteroatoms. The SMILES string of the molecule is CS(=O)(=O)c1ccc(Oc2cc(F)cc(C#N)c2)c2c1[C@H](O)[C@H](F)[C@@H]2F.N#Cc1cc(F)cc(Oc2ccc(S(=O)(=O)C(F)F)c3c2CC(F)(F)[C@H]3O)c1. The van der Waals surface area contributed by atoms with Crippen LogP contribution in [0.5, 0.6) is 23.0 Å². The minimum absolute atomic E-state index is 0.0513. The van der Waals surface area contributed by atoms with E-state index in [1.807, 2.05) is 0 Å². The Morgan fingerprint density at radius 3 is 1.78 bits per heavy atom. The Bertz CT molecular complexity index is 2470. The van der Waals surface area contributed by atoms with Gasteiger partial charge in [-0.15, -0.1) is 0 Å². The van der Waals surface area contributed by atoms with Crippen molar-refractivity contribution in [2.45, 2.75) is 52.4 Å². The van der Waals surface area contributed by atoms with Crippen LogP contribution in [-0.4, -0.2) is 51.2 Å². The van der Waals surface area contributed by atoms with E-state index >= 15 is 0 Å². The molecule has 10 nitrogen and oxygen atoms in total. The maximum atomic E-state index is 14.4. The largest absolute Gasteiger partial charge is 0.457 e. The number of aliphatic hydroxyl groups is 2. The molecule has 4 atom stereocenters. The van der Waals surface area contributed by atoms with E-state index in [1.54, 1.807) is 12.1 Å². The lowest BCUT2D eigenvalue weighted by molar-refractivity contribution is -0.0976. The van der Waals surface area contributed by atoms with Crippen molar-refractivity contribution in [3.05, 3.63) is 106 Å². The fourth-order valence-corrected chi connectivity index (χ4v) is 7.73. The highest BCUT2D eigenvalue weighted by Crippen LogP contribution is 2.52. The van der Waals surface area contributed by atoms with Gasteiger partial charge in [-0.1, -0.05) is 0 Å². The number of rotatable bonds is 7. The van der Waals surface area contributed by atoms with Crippen molar-refractivity contribution in [1.82, 2.24) is 0 Å². The number of ether oxygens (including phenoxy) is 2. The van der Waals surface area contributed by atoms with Gasteiger partial charge in [-0.2, -0.15) is 19.3 Å². The van der Waals surface area contributed by atoms with Gasteiger partial charge in [0.15, 0.2) is 22.2 Å². The molecule has 0 heterocycles. The predicted molar refractivity (Wildman–Crippen MR) is 169 cm³/mol. The molecule has 0 bridgehead atoms. The molecule has 6 rings (SSSR count). The highest BCUT2D eigenvalue weighted by atomic mass is 32.2. The van der Waals surface area contributed by atoms with E-state index in [0.717, 1.165) is 54.8 Å². The Balaban J connectivity index is 0.000000208. The molecule has 0 radical (unpaired) electrons. The standard InChI is InChI=1S/C17H10F5NO4S.C17H12F3NO4S/c18-9-3-8(7-23)4-10(5-9)27-12-1-2-13(28(25,26)16(19)20)14-11(12)6-17(21,22)15(14)24;1-26(23,24)12-3-2-11(13-14(12)17(22)16(20)15(13)19)25-10-5-8(7-21)4-9(18)6-10/h1-5,15-16,24H,6H2;2-6,15-17,22H,1H3/t15-;15-,16-,17+/m01/s1. The second-order valence-corrected chi connectivity index (χ2v) is 15.7. The smallest absolute Gasteiger partial charge is 0.341 e. The summed E-state index contributed by atoms with van der Waals surface area (Å²) >= 11 is 0. The van der Waals surface area contributed by atoms with E-state index in [2.05, 4.69) is 0 Å². The molecule has 0 unspecified atom stereocenters. The van der Waals surface area contributed by atoms with E-state index in [4.69, 9.17) is 20.0 Å². The average molecular weight is 803 g/mol. The summed E-state index contributed by atoms with van der Waals surface area (Å²) in [4.78, 5) is -1.54. The Morgan fingerprint density at radius 1 is 0.778 bits per heavy atom. The van der Waals surface area contributed by atoms with Crippen molar-refractivity contribution in [2.24, 2.45) is 0 Å². The molecule has 2 aliphatic carbocycles. The molecule has 0 saturated carbocycles. The number of fused-ring (bicyclic) bond motifs is 2. The van der Waals surface area contributed by atoms with Gasteiger partial charge < -0.3 is 19.7 Å². The lowest BCUT2D eigenvalue weighted by Crippen LogP contribution is -2.23. The monoisotopic (exact) mass is 802 g/mol. The van der Waals surface area contributed by atoms with Crippen LogP contribution in [-0.2, 0) is 26.1 Å². The van der Waals surface area contributed by atoms with E-state index in [9.17, 15) is 62.2 Å². The third-order valence-corrected chi connectivity index (χ3v) is 10.7. The van der Waals surface area contributed by atoms with Crippen LogP contribution in [0.15, 0.2) is 70.5 Å². The topological polar surface area (TPSA) is 175 Å². The van der Waals surface area contributed by atoms with E-state index in [1.165, 1.54) is 6.07 Å². The van der Waals surface area contributed by atoms with Gasteiger partial charge in [0, 0.05) is 47.1 Å². The zero-order valence-corrected chi connectivity index (χ0v) is 28.6. The maximum Gasteiger partial charge on any atom is 0.341 e. The molecule has 0 saturated heterocycles. The molecule has 2 N–H and O–H groups in total. The summed E-state index contributed by atoms with van der Waals surface area (Å²) in [6.07, 6.45) is -9.63. The Morgan fingerprint density at radius 2 is 1.28 bits per heavy atom. The highest BCUT2D eigenvalue weighted by molar-refractivity contribution is 7.91. The molecule has 54 heavy (non-hydrogen) atoms. The fraction of sp³-hybridized carbons (Fsp3) is 0.235. The number of alkyl halides is 6. The molecule has 0 amide bonds. The second kappa shape index (κ2) is 14.5. The lowest BCUT2D eigenvalue weighted by Gasteiger charge is -2.16. The van der Waals surface area contributed by atoms with Gasteiger partial charge in [-0.05, 0) is 48.5 Å². The molecular weight excluding hydrogens is 780 g/mol. The van der Waals surface area contributed by atoms with Crippen molar-refractivity contribution >= 4 is 19.7 Å². The van der Waals surface area contributed by atoms with Crippen LogP contribution in [0.25, 0.3) is 0 Å². The number of nitrogens with zero attached hydrogens (tertiary/aromatic N) is 2. The van der Waals surface area contributed by atoms with Crippen molar-refractivity contribution < 1.29 is 71.6 Å². The molecule has 284 valence electrons. The third-order valence-electron chi connectivity index (χ3n) is 8.12. The third kappa shape index (κ3) is 7.55. The van der Waals surface area contributed by atoms with E-state index < -0.39 is 106 Å². The normalized spacial score (nSPS) is 19.9. The van der Waals surface area contributed by atoms with Crippen molar-refractivity contribution in [3.63, 3.8) is 0 Å². The summed E-state index contributed by atoms with van der Waals surface area (Å²) in [5.41, 5.74) is -2.43. The van der Waals surface area contributed by atoms with Gasteiger partial charge >= 0.3 is 5.76 Å². The number of benzene rings is 4. The van der Waals surface area contributed by atoms with Crippen LogP contribution >= 0.6 is 0 Å². The van der Waals surface area contributed by atoms with Gasteiger partial charge in [0.2, 0.25) is 9.84 Å².